The van der Waals surface area contributed by atoms with E-state index in [1.807, 2.05) is 0 Å². The van der Waals surface area contributed by atoms with Gasteiger partial charge in [-0.05, 0) is 37.1 Å². The molecular formula is C19H19F2N3O4S. The molecule has 1 heterocycles. The summed E-state index contributed by atoms with van der Waals surface area (Å²) in [7, 11) is -3.72. The standard InChI is InChI=1S/C19H19F2N3O4S/c20-13-8-9-17(16(21)11-13)23-19(26)18(25)22-12-14-5-4-10-24(14)29(27,28)15-6-2-1-3-7-15/h1-3,6-9,11,14H,4-5,10,12H2,(H,22,25)(H,23,26)/t14-/m0/s1. The van der Waals surface area contributed by atoms with Crippen LogP contribution >= 0.6 is 0 Å². The molecule has 10 heteroatoms. The monoisotopic (exact) mass is 423 g/mol. The zero-order valence-corrected chi connectivity index (χ0v) is 16.1. The van der Waals surface area contributed by atoms with Gasteiger partial charge in [-0.1, -0.05) is 18.2 Å². The van der Waals surface area contributed by atoms with Crippen LogP contribution in [-0.2, 0) is 19.6 Å². The van der Waals surface area contributed by atoms with E-state index in [0.717, 1.165) is 12.1 Å². The van der Waals surface area contributed by atoms with Crippen LogP contribution in [0, 0.1) is 11.6 Å². The van der Waals surface area contributed by atoms with E-state index in [4.69, 9.17) is 0 Å². The number of amides is 2. The van der Waals surface area contributed by atoms with Crippen molar-refractivity contribution in [2.75, 3.05) is 18.4 Å². The molecule has 1 saturated heterocycles. The molecule has 154 valence electrons. The number of hydrogen-bond donors (Lipinski definition) is 2. The van der Waals surface area contributed by atoms with Gasteiger partial charge in [-0.25, -0.2) is 17.2 Å². The van der Waals surface area contributed by atoms with Gasteiger partial charge in [-0.3, -0.25) is 9.59 Å². The second-order valence-corrected chi connectivity index (χ2v) is 8.40. The fourth-order valence-electron chi connectivity index (χ4n) is 3.12. The van der Waals surface area contributed by atoms with E-state index >= 15 is 0 Å². The second-order valence-electron chi connectivity index (χ2n) is 6.51. The highest BCUT2D eigenvalue weighted by molar-refractivity contribution is 7.89. The molecule has 3 rings (SSSR count). The Hall–Kier alpha value is -2.85. The Labute approximate surface area is 166 Å². The average Bonchev–Trinajstić information content (AvgIpc) is 3.18. The van der Waals surface area contributed by atoms with Crippen LogP contribution in [0.25, 0.3) is 0 Å². The number of hydrogen-bond acceptors (Lipinski definition) is 4. The van der Waals surface area contributed by atoms with Crippen LogP contribution in [0.1, 0.15) is 12.8 Å². The zero-order valence-electron chi connectivity index (χ0n) is 15.3. The molecule has 1 aliphatic heterocycles. The lowest BCUT2D eigenvalue weighted by Gasteiger charge is -2.24. The van der Waals surface area contributed by atoms with Gasteiger partial charge in [0.2, 0.25) is 10.0 Å². The van der Waals surface area contributed by atoms with Crippen LogP contribution in [0.3, 0.4) is 0 Å². The van der Waals surface area contributed by atoms with E-state index < -0.39 is 39.5 Å². The first-order valence-corrected chi connectivity index (χ1v) is 10.3. The Bertz CT molecular complexity index is 1020. The van der Waals surface area contributed by atoms with E-state index in [1.165, 1.54) is 16.4 Å². The molecule has 2 aromatic carbocycles. The molecular weight excluding hydrogens is 404 g/mol. The first-order chi connectivity index (χ1) is 13.8. The van der Waals surface area contributed by atoms with Gasteiger partial charge in [0, 0.05) is 25.2 Å². The fourth-order valence-corrected chi connectivity index (χ4v) is 4.83. The molecule has 1 aliphatic rings. The molecule has 0 unspecified atom stereocenters. The Balaban J connectivity index is 1.61. The minimum absolute atomic E-state index is 0.0653. The lowest BCUT2D eigenvalue weighted by molar-refractivity contribution is -0.136. The second kappa shape index (κ2) is 8.66. The van der Waals surface area contributed by atoms with Crippen molar-refractivity contribution < 1.29 is 26.8 Å². The number of carbonyl (C=O) groups is 2. The number of rotatable bonds is 5. The molecule has 7 nitrogen and oxygen atoms in total. The largest absolute Gasteiger partial charge is 0.346 e. The first-order valence-electron chi connectivity index (χ1n) is 8.90. The normalized spacial score (nSPS) is 17.1. The van der Waals surface area contributed by atoms with Crippen LogP contribution in [0.4, 0.5) is 14.5 Å². The Morgan fingerprint density at radius 2 is 1.79 bits per heavy atom. The summed E-state index contributed by atoms with van der Waals surface area (Å²) in [6, 6.07) is 9.98. The van der Waals surface area contributed by atoms with Crippen LogP contribution in [-0.4, -0.2) is 43.7 Å². The maximum absolute atomic E-state index is 13.6. The number of benzene rings is 2. The smallest absolute Gasteiger partial charge is 0.313 e. The maximum atomic E-state index is 13.6. The van der Waals surface area contributed by atoms with E-state index in [9.17, 15) is 26.8 Å². The summed E-state index contributed by atoms with van der Waals surface area (Å²) in [6.45, 7) is 0.245. The van der Waals surface area contributed by atoms with Crippen LogP contribution in [0.5, 0.6) is 0 Å². The van der Waals surface area contributed by atoms with Crippen molar-refractivity contribution in [2.45, 2.75) is 23.8 Å². The predicted molar refractivity (Wildman–Crippen MR) is 101 cm³/mol. The van der Waals surface area contributed by atoms with E-state index in [1.54, 1.807) is 18.2 Å². The van der Waals surface area contributed by atoms with E-state index in [2.05, 4.69) is 10.6 Å². The summed E-state index contributed by atoms with van der Waals surface area (Å²) in [5.74, 6) is -4.00. The third-order valence-corrected chi connectivity index (χ3v) is 6.52. The molecule has 0 aliphatic carbocycles. The van der Waals surface area contributed by atoms with Gasteiger partial charge in [0.25, 0.3) is 0 Å². The zero-order chi connectivity index (χ0) is 21.0. The number of anilines is 1. The van der Waals surface area contributed by atoms with Crippen molar-refractivity contribution in [1.29, 1.82) is 0 Å². The van der Waals surface area contributed by atoms with E-state index in [-0.39, 0.29) is 17.1 Å². The number of halogens is 2. The SMILES string of the molecule is O=C(NC[C@@H]1CCCN1S(=O)(=O)c1ccccc1)C(=O)Nc1ccc(F)cc1F. The van der Waals surface area contributed by atoms with Gasteiger partial charge in [-0.2, -0.15) is 4.31 Å². The summed E-state index contributed by atoms with van der Waals surface area (Å²) in [6.07, 6.45) is 1.15. The van der Waals surface area contributed by atoms with Crippen molar-refractivity contribution in [1.82, 2.24) is 9.62 Å². The molecule has 0 bridgehead atoms. The van der Waals surface area contributed by atoms with E-state index in [0.29, 0.717) is 25.5 Å². The van der Waals surface area contributed by atoms with Gasteiger partial charge in [0.1, 0.15) is 11.6 Å². The molecule has 2 N–H and O–H groups in total. The Kier molecular flexibility index (Phi) is 6.23. The lowest BCUT2D eigenvalue weighted by Crippen LogP contribution is -2.45. The summed E-state index contributed by atoms with van der Waals surface area (Å²) in [5.41, 5.74) is -0.333. The van der Waals surface area contributed by atoms with Gasteiger partial charge in [0.15, 0.2) is 0 Å². The summed E-state index contributed by atoms with van der Waals surface area (Å²) >= 11 is 0. The minimum atomic E-state index is -3.72. The fraction of sp³-hybridized carbons (Fsp3) is 0.263. The Morgan fingerprint density at radius 3 is 2.48 bits per heavy atom. The minimum Gasteiger partial charge on any atom is -0.346 e. The maximum Gasteiger partial charge on any atom is 0.313 e. The number of nitrogens with zero attached hydrogens (tertiary/aromatic N) is 1. The summed E-state index contributed by atoms with van der Waals surface area (Å²) in [4.78, 5) is 24.1. The molecule has 29 heavy (non-hydrogen) atoms. The van der Waals surface area contributed by atoms with Crippen molar-refractivity contribution in [2.24, 2.45) is 0 Å². The Morgan fingerprint density at radius 1 is 1.07 bits per heavy atom. The van der Waals surface area contributed by atoms with Crippen LogP contribution < -0.4 is 10.6 Å². The quantitative estimate of drug-likeness (QED) is 0.718. The molecule has 0 spiro atoms. The number of carbonyl (C=O) groups excluding carboxylic acids is 2. The third kappa shape index (κ3) is 4.77. The molecule has 2 amide bonds. The van der Waals surface area contributed by atoms with Crippen LogP contribution in [0.15, 0.2) is 53.4 Å². The predicted octanol–water partition coefficient (Wildman–Crippen LogP) is 1.87. The third-order valence-electron chi connectivity index (χ3n) is 4.56. The molecule has 2 aromatic rings. The van der Waals surface area contributed by atoms with Gasteiger partial charge in [0.05, 0.1) is 10.6 Å². The lowest BCUT2D eigenvalue weighted by atomic mass is 10.2. The topological polar surface area (TPSA) is 95.6 Å². The van der Waals surface area contributed by atoms with Crippen molar-refractivity contribution in [3.8, 4) is 0 Å². The molecule has 0 aromatic heterocycles. The van der Waals surface area contributed by atoms with Gasteiger partial charge in [-0.15, -0.1) is 0 Å². The number of nitrogens with one attached hydrogen (secondary N) is 2. The van der Waals surface area contributed by atoms with Crippen molar-refractivity contribution in [3.05, 3.63) is 60.2 Å². The molecule has 1 atom stereocenters. The molecule has 1 fully saturated rings. The molecule has 0 radical (unpaired) electrons. The first kappa shape index (κ1) is 20.9. The van der Waals surface area contributed by atoms with Crippen LogP contribution in [0.2, 0.25) is 0 Å². The van der Waals surface area contributed by atoms with Gasteiger partial charge < -0.3 is 10.6 Å². The van der Waals surface area contributed by atoms with Crippen molar-refractivity contribution in [3.63, 3.8) is 0 Å². The summed E-state index contributed by atoms with van der Waals surface area (Å²) < 4.78 is 53.4. The number of sulfonamides is 1. The van der Waals surface area contributed by atoms with Crippen molar-refractivity contribution >= 4 is 27.5 Å². The molecule has 0 saturated carbocycles. The summed E-state index contributed by atoms with van der Waals surface area (Å²) in [5, 5.41) is 4.43. The highest BCUT2D eigenvalue weighted by Crippen LogP contribution is 2.25. The highest BCUT2D eigenvalue weighted by Gasteiger charge is 2.35. The average molecular weight is 423 g/mol. The highest BCUT2D eigenvalue weighted by atomic mass is 32.2. The van der Waals surface area contributed by atoms with Gasteiger partial charge >= 0.3 is 11.8 Å².